The predicted molar refractivity (Wildman–Crippen MR) is 88.2 cm³/mol. The van der Waals surface area contributed by atoms with Crippen LogP contribution in [0.15, 0.2) is 65.3 Å². The van der Waals surface area contributed by atoms with Crippen LogP contribution in [0.1, 0.15) is 21.7 Å². The molecule has 0 saturated heterocycles. The van der Waals surface area contributed by atoms with Crippen molar-refractivity contribution in [2.24, 2.45) is 5.73 Å². The predicted octanol–water partition coefficient (Wildman–Crippen LogP) is 3.93. The molecule has 0 aliphatic heterocycles. The van der Waals surface area contributed by atoms with Crippen LogP contribution in [0.3, 0.4) is 0 Å². The standard InChI is InChI=1S/C19H17NO3/c1-13-2-8-16(9-3-13)23-12-14-4-6-15(7-5-14)17-10-11-22-18(17)19(20)21/h2-11H,12H2,1H3,(H2,20,21). The summed E-state index contributed by atoms with van der Waals surface area (Å²) in [5.41, 5.74) is 9.12. The molecule has 1 aromatic heterocycles. The number of ether oxygens (including phenoxy) is 1. The molecule has 23 heavy (non-hydrogen) atoms. The largest absolute Gasteiger partial charge is 0.489 e. The molecule has 4 heteroatoms. The van der Waals surface area contributed by atoms with Crippen molar-refractivity contribution in [3.05, 3.63) is 77.7 Å². The number of hydrogen-bond acceptors (Lipinski definition) is 3. The zero-order valence-electron chi connectivity index (χ0n) is 12.8. The molecule has 1 amide bonds. The Hall–Kier alpha value is -3.01. The van der Waals surface area contributed by atoms with E-state index in [9.17, 15) is 4.79 Å². The van der Waals surface area contributed by atoms with Crippen LogP contribution in [-0.2, 0) is 6.61 Å². The lowest BCUT2D eigenvalue weighted by Crippen LogP contribution is -2.10. The summed E-state index contributed by atoms with van der Waals surface area (Å²) in [6.07, 6.45) is 1.46. The smallest absolute Gasteiger partial charge is 0.285 e. The fourth-order valence-corrected chi connectivity index (χ4v) is 2.31. The minimum atomic E-state index is -0.572. The molecular formula is C19H17NO3. The van der Waals surface area contributed by atoms with Crippen molar-refractivity contribution in [3.63, 3.8) is 0 Å². The first-order valence-corrected chi connectivity index (χ1v) is 7.29. The molecule has 2 N–H and O–H groups in total. The highest BCUT2D eigenvalue weighted by molar-refractivity contribution is 5.97. The summed E-state index contributed by atoms with van der Waals surface area (Å²) in [7, 11) is 0. The molecule has 4 nitrogen and oxygen atoms in total. The van der Waals surface area contributed by atoms with E-state index >= 15 is 0 Å². The zero-order valence-corrected chi connectivity index (χ0v) is 12.8. The van der Waals surface area contributed by atoms with Crippen LogP contribution in [0.2, 0.25) is 0 Å². The molecule has 0 fully saturated rings. The third-order valence-electron chi connectivity index (χ3n) is 3.58. The fourth-order valence-electron chi connectivity index (χ4n) is 2.31. The average Bonchev–Trinajstić information content (AvgIpc) is 3.05. The highest BCUT2D eigenvalue weighted by Crippen LogP contribution is 2.25. The molecule has 3 aromatic rings. The van der Waals surface area contributed by atoms with Gasteiger partial charge in [0.25, 0.3) is 5.91 Å². The van der Waals surface area contributed by atoms with E-state index < -0.39 is 5.91 Å². The summed E-state index contributed by atoms with van der Waals surface area (Å²) in [5.74, 6) is 0.441. The van der Waals surface area contributed by atoms with Gasteiger partial charge in [-0.15, -0.1) is 0 Å². The molecule has 0 spiro atoms. The van der Waals surface area contributed by atoms with Gasteiger partial charge in [0.1, 0.15) is 12.4 Å². The van der Waals surface area contributed by atoms with Crippen LogP contribution in [0.5, 0.6) is 5.75 Å². The summed E-state index contributed by atoms with van der Waals surface area (Å²) in [4.78, 5) is 11.3. The number of benzene rings is 2. The SMILES string of the molecule is Cc1ccc(OCc2ccc(-c3ccoc3C(N)=O)cc2)cc1. The maximum atomic E-state index is 11.3. The normalized spacial score (nSPS) is 10.5. The fraction of sp³-hybridized carbons (Fsp3) is 0.105. The minimum Gasteiger partial charge on any atom is -0.489 e. The number of hydrogen-bond donors (Lipinski definition) is 1. The van der Waals surface area contributed by atoms with Crippen molar-refractivity contribution in [2.45, 2.75) is 13.5 Å². The van der Waals surface area contributed by atoms with Crippen LogP contribution < -0.4 is 10.5 Å². The van der Waals surface area contributed by atoms with Crippen molar-refractivity contribution >= 4 is 5.91 Å². The summed E-state index contributed by atoms with van der Waals surface area (Å²) < 4.78 is 10.9. The number of amides is 1. The van der Waals surface area contributed by atoms with Crippen molar-refractivity contribution in [3.8, 4) is 16.9 Å². The van der Waals surface area contributed by atoms with Gasteiger partial charge in [0.15, 0.2) is 5.76 Å². The van der Waals surface area contributed by atoms with Crippen molar-refractivity contribution in [2.75, 3.05) is 0 Å². The molecule has 0 aliphatic rings. The van der Waals surface area contributed by atoms with Crippen LogP contribution in [0.4, 0.5) is 0 Å². The maximum Gasteiger partial charge on any atom is 0.285 e. The van der Waals surface area contributed by atoms with E-state index in [1.165, 1.54) is 11.8 Å². The highest BCUT2D eigenvalue weighted by Gasteiger charge is 2.13. The van der Waals surface area contributed by atoms with Gasteiger partial charge in [0.05, 0.1) is 6.26 Å². The van der Waals surface area contributed by atoms with Crippen molar-refractivity contribution in [1.82, 2.24) is 0 Å². The summed E-state index contributed by atoms with van der Waals surface area (Å²) in [5, 5.41) is 0. The molecule has 0 radical (unpaired) electrons. The van der Waals surface area contributed by atoms with Crippen molar-refractivity contribution in [1.29, 1.82) is 0 Å². The third kappa shape index (κ3) is 3.43. The van der Waals surface area contributed by atoms with Crippen LogP contribution in [0.25, 0.3) is 11.1 Å². The lowest BCUT2D eigenvalue weighted by molar-refractivity contribution is 0.0975. The topological polar surface area (TPSA) is 65.5 Å². The first kappa shape index (κ1) is 14.9. The number of rotatable bonds is 5. The maximum absolute atomic E-state index is 11.3. The average molecular weight is 307 g/mol. The molecule has 116 valence electrons. The van der Waals surface area contributed by atoms with Gasteiger partial charge in [-0.3, -0.25) is 4.79 Å². The van der Waals surface area contributed by atoms with E-state index in [0.29, 0.717) is 12.2 Å². The second kappa shape index (κ2) is 6.40. The number of carbonyl (C=O) groups excluding carboxylic acids is 1. The van der Waals surface area contributed by atoms with E-state index in [4.69, 9.17) is 14.9 Å². The number of carbonyl (C=O) groups is 1. The third-order valence-corrected chi connectivity index (χ3v) is 3.58. The number of nitrogens with two attached hydrogens (primary N) is 1. The van der Waals surface area contributed by atoms with Gasteiger partial charge in [-0.2, -0.15) is 0 Å². The van der Waals surface area contributed by atoms with Gasteiger partial charge in [0, 0.05) is 5.56 Å². The molecular weight excluding hydrogens is 290 g/mol. The quantitative estimate of drug-likeness (QED) is 0.776. The monoisotopic (exact) mass is 307 g/mol. The van der Waals surface area contributed by atoms with E-state index in [1.807, 2.05) is 55.5 Å². The number of furan rings is 1. The van der Waals surface area contributed by atoms with E-state index in [0.717, 1.165) is 16.9 Å². The molecule has 0 aliphatic carbocycles. The van der Waals surface area contributed by atoms with Gasteiger partial charge in [-0.1, -0.05) is 42.0 Å². The second-order valence-corrected chi connectivity index (χ2v) is 5.33. The Balaban J connectivity index is 1.71. The number of aryl methyl sites for hydroxylation is 1. The van der Waals surface area contributed by atoms with Gasteiger partial charge in [-0.05, 0) is 36.2 Å². The van der Waals surface area contributed by atoms with Gasteiger partial charge >= 0.3 is 0 Å². The molecule has 0 atom stereocenters. The van der Waals surface area contributed by atoms with E-state index in [2.05, 4.69) is 0 Å². The summed E-state index contributed by atoms with van der Waals surface area (Å²) in [6.45, 7) is 2.52. The number of primary amides is 1. The molecule has 1 heterocycles. The summed E-state index contributed by atoms with van der Waals surface area (Å²) >= 11 is 0. The second-order valence-electron chi connectivity index (χ2n) is 5.33. The van der Waals surface area contributed by atoms with Crippen LogP contribution in [0, 0.1) is 6.92 Å². The zero-order chi connectivity index (χ0) is 16.2. The Kier molecular flexibility index (Phi) is 4.15. The Morgan fingerprint density at radius 1 is 1.04 bits per heavy atom. The Labute approximate surface area is 134 Å². The lowest BCUT2D eigenvalue weighted by Gasteiger charge is -2.07. The molecule has 0 unspecified atom stereocenters. The minimum absolute atomic E-state index is 0.175. The lowest BCUT2D eigenvalue weighted by atomic mass is 10.0. The molecule has 0 saturated carbocycles. The van der Waals surface area contributed by atoms with E-state index in [1.54, 1.807) is 6.07 Å². The van der Waals surface area contributed by atoms with Crippen molar-refractivity contribution < 1.29 is 13.9 Å². The van der Waals surface area contributed by atoms with Crippen LogP contribution >= 0.6 is 0 Å². The molecule has 0 bridgehead atoms. The molecule has 2 aromatic carbocycles. The highest BCUT2D eigenvalue weighted by atomic mass is 16.5. The Bertz CT molecular complexity index is 801. The van der Waals surface area contributed by atoms with E-state index in [-0.39, 0.29) is 5.76 Å². The summed E-state index contributed by atoms with van der Waals surface area (Å²) in [6, 6.07) is 17.4. The Morgan fingerprint density at radius 3 is 2.39 bits per heavy atom. The van der Waals surface area contributed by atoms with Crippen LogP contribution in [-0.4, -0.2) is 5.91 Å². The first-order valence-electron chi connectivity index (χ1n) is 7.29. The van der Waals surface area contributed by atoms with Gasteiger partial charge in [-0.25, -0.2) is 0 Å². The van der Waals surface area contributed by atoms with Gasteiger partial charge < -0.3 is 14.9 Å². The Morgan fingerprint density at radius 2 is 1.74 bits per heavy atom. The first-order chi connectivity index (χ1) is 11.1. The van der Waals surface area contributed by atoms with Gasteiger partial charge in [0.2, 0.25) is 0 Å². The molecule has 3 rings (SSSR count).